The molecule has 3 aromatic heterocycles. The average molecular weight is 445 g/mol. The lowest BCUT2D eigenvalue weighted by molar-refractivity contribution is 0.0981. The molecule has 170 valence electrons. The third kappa shape index (κ3) is 3.84. The summed E-state index contributed by atoms with van der Waals surface area (Å²) in [5.41, 5.74) is 4.66. The van der Waals surface area contributed by atoms with Gasteiger partial charge in [0.1, 0.15) is 12.3 Å². The molecule has 4 heterocycles. The number of carbonyl (C=O) groups excluding carboxylic acids is 1. The predicted molar refractivity (Wildman–Crippen MR) is 125 cm³/mol. The van der Waals surface area contributed by atoms with Crippen molar-refractivity contribution in [2.45, 2.75) is 59.5 Å². The number of nitriles is 1. The molecule has 1 aliphatic rings. The molecule has 0 spiro atoms. The minimum atomic E-state index is -0.688. The van der Waals surface area contributed by atoms with Crippen LogP contribution < -0.4 is 9.64 Å². The first-order chi connectivity index (χ1) is 15.8. The van der Waals surface area contributed by atoms with Gasteiger partial charge in [0.2, 0.25) is 0 Å². The molecule has 0 fully saturated rings. The van der Waals surface area contributed by atoms with Crippen LogP contribution in [0.5, 0.6) is 5.75 Å². The van der Waals surface area contributed by atoms with Gasteiger partial charge in [-0.05, 0) is 51.3 Å². The van der Waals surface area contributed by atoms with Crippen LogP contribution in [0.1, 0.15) is 61.4 Å². The second-order valence-corrected chi connectivity index (χ2v) is 8.67. The first-order valence-electron chi connectivity index (χ1n) is 11.2. The van der Waals surface area contributed by atoms with Crippen LogP contribution in [0.2, 0.25) is 0 Å². The first kappa shape index (κ1) is 22.5. The second kappa shape index (κ2) is 8.66. The molecule has 0 aromatic carbocycles. The molecule has 4 rings (SSSR count). The zero-order valence-electron chi connectivity index (χ0n) is 19.7. The number of amides is 1. The van der Waals surface area contributed by atoms with E-state index in [9.17, 15) is 4.79 Å². The molecule has 0 saturated carbocycles. The van der Waals surface area contributed by atoms with Gasteiger partial charge in [0.25, 0.3) is 5.91 Å². The van der Waals surface area contributed by atoms with E-state index >= 15 is 0 Å². The molecule has 0 saturated heterocycles. The van der Waals surface area contributed by atoms with Gasteiger partial charge >= 0.3 is 0 Å². The van der Waals surface area contributed by atoms with Crippen LogP contribution in [0.15, 0.2) is 30.7 Å². The molecular formula is C25H28N6O2. The van der Waals surface area contributed by atoms with Crippen molar-refractivity contribution in [2.24, 2.45) is 0 Å². The highest BCUT2D eigenvalue weighted by Gasteiger charge is 2.47. The van der Waals surface area contributed by atoms with Gasteiger partial charge in [0.15, 0.2) is 0 Å². The van der Waals surface area contributed by atoms with Crippen molar-refractivity contribution in [1.82, 2.24) is 19.7 Å². The van der Waals surface area contributed by atoms with Crippen molar-refractivity contribution in [3.63, 3.8) is 0 Å². The van der Waals surface area contributed by atoms with Gasteiger partial charge < -0.3 is 4.74 Å². The fourth-order valence-electron chi connectivity index (χ4n) is 4.29. The highest BCUT2D eigenvalue weighted by atomic mass is 16.5. The average Bonchev–Trinajstić information content (AvgIpc) is 3.32. The maximum atomic E-state index is 13.5. The molecule has 0 unspecified atom stereocenters. The summed E-state index contributed by atoms with van der Waals surface area (Å²) in [5, 5.41) is 13.2. The van der Waals surface area contributed by atoms with Crippen LogP contribution in [0.4, 0.5) is 5.69 Å². The van der Waals surface area contributed by atoms with Crippen LogP contribution in [-0.4, -0.2) is 32.3 Å². The van der Waals surface area contributed by atoms with Crippen molar-refractivity contribution in [3.8, 4) is 23.1 Å². The summed E-state index contributed by atoms with van der Waals surface area (Å²) < 4.78 is 7.45. The molecule has 0 bridgehead atoms. The number of nitrogens with zero attached hydrogens (tertiary/aromatic N) is 6. The Morgan fingerprint density at radius 2 is 2.00 bits per heavy atom. The number of aromatic nitrogens is 4. The number of hydrogen-bond acceptors (Lipinski definition) is 6. The third-order valence-corrected chi connectivity index (χ3v) is 5.91. The van der Waals surface area contributed by atoms with E-state index in [1.807, 2.05) is 39.1 Å². The summed E-state index contributed by atoms with van der Waals surface area (Å²) in [4.78, 5) is 24.7. The Labute approximate surface area is 193 Å². The quantitative estimate of drug-likeness (QED) is 0.535. The van der Waals surface area contributed by atoms with Crippen molar-refractivity contribution in [2.75, 3.05) is 11.5 Å². The number of pyridine rings is 2. The normalized spacial score (nSPS) is 14.3. The molecule has 8 nitrogen and oxygen atoms in total. The maximum absolute atomic E-state index is 13.5. The Bertz CT molecular complexity index is 1250. The first-order valence-corrected chi connectivity index (χ1v) is 11.2. The van der Waals surface area contributed by atoms with E-state index in [4.69, 9.17) is 15.0 Å². The van der Waals surface area contributed by atoms with Crippen LogP contribution >= 0.6 is 0 Å². The largest absolute Gasteiger partial charge is 0.492 e. The summed E-state index contributed by atoms with van der Waals surface area (Å²) in [6.07, 6.45) is 6.85. The summed E-state index contributed by atoms with van der Waals surface area (Å²) in [5.74, 6) is 0.660. The van der Waals surface area contributed by atoms with Crippen molar-refractivity contribution >= 4 is 11.6 Å². The summed E-state index contributed by atoms with van der Waals surface area (Å²) in [6, 6.07) is 5.99. The second-order valence-electron chi connectivity index (χ2n) is 8.67. The number of ether oxygens (including phenoxy) is 1. The highest BCUT2D eigenvalue weighted by Crippen LogP contribution is 2.43. The lowest BCUT2D eigenvalue weighted by Crippen LogP contribution is -2.39. The Kier molecular flexibility index (Phi) is 5.90. The number of fused-ring (bicyclic) bond motifs is 1. The van der Waals surface area contributed by atoms with E-state index < -0.39 is 5.54 Å². The monoisotopic (exact) mass is 444 g/mol. The highest BCUT2D eigenvalue weighted by molar-refractivity contribution is 6.12. The molecule has 0 atom stereocenters. The van der Waals surface area contributed by atoms with Crippen LogP contribution in [0.25, 0.3) is 11.3 Å². The Balaban J connectivity index is 1.78. The fourth-order valence-corrected chi connectivity index (χ4v) is 4.29. The predicted octanol–water partition coefficient (Wildman–Crippen LogP) is 4.42. The van der Waals surface area contributed by atoms with Gasteiger partial charge in [-0.1, -0.05) is 13.8 Å². The lowest BCUT2D eigenvalue weighted by atomic mass is 9.96. The van der Waals surface area contributed by atoms with Crippen LogP contribution in [0, 0.1) is 18.3 Å². The van der Waals surface area contributed by atoms with Gasteiger partial charge in [-0.15, -0.1) is 0 Å². The van der Waals surface area contributed by atoms with Crippen LogP contribution in [0.3, 0.4) is 0 Å². The van der Waals surface area contributed by atoms with E-state index in [-0.39, 0.29) is 12.5 Å². The molecular weight excluding hydrogens is 416 g/mol. The molecule has 0 aliphatic carbocycles. The van der Waals surface area contributed by atoms with E-state index in [0.717, 1.165) is 41.1 Å². The van der Waals surface area contributed by atoms with Crippen LogP contribution in [-0.2, 0) is 18.5 Å². The molecule has 0 radical (unpaired) electrons. The SMILES string of the molecule is CCCOc1cc(-c2cc(C)c3c(n2)C(C)(C)N(c2cnn(CC#N)c2)C3=O)cnc1CC. The summed E-state index contributed by atoms with van der Waals surface area (Å²) >= 11 is 0. The zero-order chi connectivity index (χ0) is 23.8. The molecule has 33 heavy (non-hydrogen) atoms. The maximum Gasteiger partial charge on any atom is 0.261 e. The number of carbonyl (C=O) groups is 1. The molecule has 3 aromatic rings. The van der Waals surface area contributed by atoms with E-state index in [0.29, 0.717) is 23.6 Å². The Morgan fingerprint density at radius 3 is 2.70 bits per heavy atom. The molecule has 0 N–H and O–H groups in total. The van der Waals surface area contributed by atoms with E-state index in [1.54, 1.807) is 17.3 Å². The third-order valence-electron chi connectivity index (χ3n) is 5.91. The minimum absolute atomic E-state index is 0.116. The molecule has 1 amide bonds. The fraction of sp³-hybridized carbons (Fsp3) is 0.400. The number of rotatable bonds is 7. The number of anilines is 1. The topological polar surface area (TPSA) is 96.9 Å². The van der Waals surface area contributed by atoms with Gasteiger partial charge in [0.05, 0.1) is 52.7 Å². The van der Waals surface area contributed by atoms with Gasteiger partial charge in [-0.2, -0.15) is 10.4 Å². The standard InChI is InChI=1S/C25H28N6O2/c1-6-10-33-21-12-17(13-27-19(21)7-2)20-11-16(3)22-23(29-20)25(4,5)31(24(22)32)18-14-28-30(15-18)9-8-26/h11-15H,6-7,9-10H2,1-5H3. The Morgan fingerprint density at radius 1 is 1.21 bits per heavy atom. The van der Waals surface area contributed by atoms with Crippen molar-refractivity contribution in [3.05, 3.63) is 53.2 Å². The summed E-state index contributed by atoms with van der Waals surface area (Å²) in [6.45, 7) is 10.8. The Hall–Kier alpha value is -3.73. The van der Waals surface area contributed by atoms with E-state index in [2.05, 4.69) is 30.0 Å². The number of hydrogen-bond donors (Lipinski definition) is 0. The lowest BCUT2D eigenvalue weighted by Gasteiger charge is -2.30. The van der Waals surface area contributed by atoms with Crippen molar-refractivity contribution < 1.29 is 9.53 Å². The summed E-state index contributed by atoms with van der Waals surface area (Å²) in [7, 11) is 0. The van der Waals surface area contributed by atoms with Gasteiger partial charge in [-0.25, -0.2) is 4.98 Å². The van der Waals surface area contributed by atoms with E-state index in [1.165, 1.54) is 4.68 Å². The molecule has 8 heteroatoms. The zero-order valence-corrected chi connectivity index (χ0v) is 19.7. The smallest absolute Gasteiger partial charge is 0.261 e. The van der Waals surface area contributed by atoms with Gasteiger partial charge in [-0.3, -0.25) is 19.4 Å². The van der Waals surface area contributed by atoms with Gasteiger partial charge in [0, 0.05) is 18.0 Å². The number of aryl methyl sites for hydroxylation is 2. The van der Waals surface area contributed by atoms with Crippen molar-refractivity contribution in [1.29, 1.82) is 5.26 Å². The minimum Gasteiger partial charge on any atom is -0.492 e. The molecule has 1 aliphatic heterocycles.